The lowest BCUT2D eigenvalue weighted by atomic mass is 10.1. The molecule has 16 heavy (non-hydrogen) atoms. The highest BCUT2D eigenvalue weighted by Crippen LogP contribution is 2.29. The summed E-state index contributed by atoms with van der Waals surface area (Å²) in [5.41, 5.74) is 0.722. The van der Waals surface area contributed by atoms with Gasteiger partial charge in [-0.2, -0.15) is 0 Å². The summed E-state index contributed by atoms with van der Waals surface area (Å²) in [5, 5.41) is 13.4. The summed E-state index contributed by atoms with van der Waals surface area (Å²) in [6.45, 7) is 2.95. The third-order valence-corrected chi connectivity index (χ3v) is 4.05. The van der Waals surface area contributed by atoms with Crippen molar-refractivity contribution in [2.24, 2.45) is 0 Å². The molecule has 1 saturated heterocycles. The van der Waals surface area contributed by atoms with Crippen molar-refractivity contribution in [2.45, 2.75) is 38.6 Å². The van der Waals surface area contributed by atoms with Gasteiger partial charge < -0.3 is 10.4 Å². The Labute approximate surface area is 98.7 Å². The molecule has 1 aliphatic heterocycles. The Hall–Kier alpha value is -0.940. The van der Waals surface area contributed by atoms with Crippen molar-refractivity contribution in [3.05, 3.63) is 15.6 Å². The van der Waals surface area contributed by atoms with Gasteiger partial charge in [0, 0.05) is 0 Å². The van der Waals surface area contributed by atoms with Crippen molar-refractivity contribution in [3.63, 3.8) is 0 Å². The van der Waals surface area contributed by atoms with Crippen LogP contribution in [0.25, 0.3) is 0 Å². The van der Waals surface area contributed by atoms with Crippen LogP contribution in [0.3, 0.4) is 0 Å². The molecule has 1 fully saturated rings. The van der Waals surface area contributed by atoms with E-state index in [0.717, 1.165) is 23.7 Å². The smallest absolute Gasteiger partial charge is 0.347 e. The van der Waals surface area contributed by atoms with Gasteiger partial charge in [-0.05, 0) is 25.8 Å². The van der Waals surface area contributed by atoms with Crippen LogP contribution in [0.5, 0.6) is 0 Å². The molecule has 1 atom stereocenters. The lowest BCUT2D eigenvalue weighted by Gasteiger charge is -2.21. The third kappa shape index (κ3) is 2.25. The van der Waals surface area contributed by atoms with Crippen LogP contribution in [0.15, 0.2) is 0 Å². The van der Waals surface area contributed by atoms with Gasteiger partial charge in [0.15, 0.2) is 0 Å². The summed E-state index contributed by atoms with van der Waals surface area (Å²) in [5.74, 6) is -0.851. The standard InChI is InChI=1S/C11H16N2O2S/c1-2-7-9(11(14)15)16-10(13-7)8-5-3-4-6-12-8/h8,12H,2-6H2,1H3,(H,14,15). The van der Waals surface area contributed by atoms with Crippen LogP contribution in [-0.2, 0) is 6.42 Å². The molecule has 1 aromatic rings. The van der Waals surface area contributed by atoms with Crippen LogP contribution < -0.4 is 5.32 Å². The number of nitrogens with zero attached hydrogens (tertiary/aromatic N) is 1. The van der Waals surface area contributed by atoms with Crippen molar-refractivity contribution in [1.29, 1.82) is 0 Å². The first kappa shape index (κ1) is 11.5. The fraction of sp³-hybridized carbons (Fsp3) is 0.636. The molecule has 1 unspecified atom stereocenters. The Bertz CT molecular complexity index is 383. The first-order valence-corrected chi connectivity index (χ1v) is 6.50. The zero-order valence-electron chi connectivity index (χ0n) is 9.32. The quantitative estimate of drug-likeness (QED) is 0.850. The molecule has 4 nitrogen and oxygen atoms in total. The van der Waals surface area contributed by atoms with Gasteiger partial charge in [-0.15, -0.1) is 11.3 Å². The highest BCUT2D eigenvalue weighted by molar-refractivity contribution is 7.13. The minimum atomic E-state index is -0.851. The van der Waals surface area contributed by atoms with Crippen molar-refractivity contribution in [3.8, 4) is 0 Å². The summed E-state index contributed by atoms with van der Waals surface area (Å²) in [6.07, 6.45) is 4.15. The molecule has 1 aliphatic rings. The first-order valence-electron chi connectivity index (χ1n) is 5.68. The maximum absolute atomic E-state index is 11.0. The fourth-order valence-electron chi connectivity index (χ4n) is 1.99. The van der Waals surface area contributed by atoms with E-state index < -0.39 is 5.97 Å². The van der Waals surface area contributed by atoms with E-state index in [1.54, 1.807) is 0 Å². The van der Waals surface area contributed by atoms with Crippen molar-refractivity contribution < 1.29 is 9.90 Å². The number of nitrogens with one attached hydrogen (secondary N) is 1. The van der Waals surface area contributed by atoms with Crippen molar-refractivity contribution >= 4 is 17.3 Å². The Balaban J connectivity index is 2.24. The number of hydrogen-bond donors (Lipinski definition) is 2. The molecule has 0 bridgehead atoms. The van der Waals surface area contributed by atoms with Gasteiger partial charge in [-0.25, -0.2) is 9.78 Å². The van der Waals surface area contributed by atoms with Crippen LogP contribution in [0.1, 0.15) is 52.6 Å². The normalized spacial score (nSPS) is 20.9. The number of aryl methyl sites for hydroxylation is 1. The Morgan fingerprint density at radius 2 is 2.44 bits per heavy atom. The topological polar surface area (TPSA) is 62.2 Å². The van der Waals surface area contributed by atoms with Crippen LogP contribution in [-0.4, -0.2) is 22.6 Å². The van der Waals surface area contributed by atoms with Gasteiger partial charge in [-0.3, -0.25) is 0 Å². The van der Waals surface area contributed by atoms with Crippen LogP contribution in [0.4, 0.5) is 0 Å². The second-order valence-corrected chi connectivity index (χ2v) is 5.02. The largest absolute Gasteiger partial charge is 0.477 e. The highest BCUT2D eigenvalue weighted by Gasteiger charge is 2.22. The molecule has 0 spiro atoms. The number of rotatable bonds is 3. The summed E-state index contributed by atoms with van der Waals surface area (Å²) in [4.78, 5) is 15.9. The summed E-state index contributed by atoms with van der Waals surface area (Å²) in [7, 11) is 0. The maximum atomic E-state index is 11.0. The van der Waals surface area contributed by atoms with Crippen molar-refractivity contribution in [2.75, 3.05) is 6.54 Å². The minimum absolute atomic E-state index is 0.261. The van der Waals surface area contributed by atoms with Gasteiger partial charge in [0.05, 0.1) is 11.7 Å². The third-order valence-electron chi connectivity index (χ3n) is 2.85. The number of thiazole rings is 1. The Morgan fingerprint density at radius 1 is 1.62 bits per heavy atom. The molecule has 2 N–H and O–H groups in total. The highest BCUT2D eigenvalue weighted by atomic mass is 32.1. The molecular formula is C11H16N2O2S. The molecule has 0 saturated carbocycles. The zero-order valence-corrected chi connectivity index (χ0v) is 10.1. The Morgan fingerprint density at radius 3 is 2.94 bits per heavy atom. The van der Waals surface area contributed by atoms with Gasteiger partial charge in [-0.1, -0.05) is 13.3 Å². The van der Waals surface area contributed by atoms with E-state index in [1.165, 1.54) is 24.2 Å². The average molecular weight is 240 g/mol. The fourth-order valence-corrected chi connectivity index (χ4v) is 3.09. The van der Waals surface area contributed by atoms with E-state index in [4.69, 9.17) is 5.11 Å². The lowest BCUT2D eigenvalue weighted by molar-refractivity contribution is 0.0701. The van der Waals surface area contributed by atoms with E-state index in [1.807, 2.05) is 6.92 Å². The molecular weight excluding hydrogens is 224 g/mol. The number of carboxylic acid groups (broad SMARTS) is 1. The number of carbonyl (C=O) groups is 1. The number of hydrogen-bond acceptors (Lipinski definition) is 4. The minimum Gasteiger partial charge on any atom is -0.477 e. The van der Waals surface area contributed by atoms with Crippen LogP contribution >= 0.6 is 11.3 Å². The number of aromatic carboxylic acids is 1. The monoisotopic (exact) mass is 240 g/mol. The predicted molar refractivity (Wildman–Crippen MR) is 63.0 cm³/mol. The zero-order chi connectivity index (χ0) is 11.5. The van der Waals surface area contributed by atoms with Gasteiger partial charge in [0.25, 0.3) is 0 Å². The molecule has 5 heteroatoms. The second-order valence-electron chi connectivity index (χ2n) is 3.99. The molecule has 2 rings (SSSR count). The molecule has 2 heterocycles. The molecule has 0 aromatic carbocycles. The molecule has 1 aromatic heterocycles. The maximum Gasteiger partial charge on any atom is 0.347 e. The van der Waals surface area contributed by atoms with E-state index >= 15 is 0 Å². The molecule has 0 amide bonds. The van der Waals surface area contributed by atoms with Crippen LogP contribution in [0.2, 0.25) is 0 Å². The average Bonchev–Trinajstić information content (AvgIpc) is 2.74. The van der Waals surface area contributed by atoms with E-state index in [2.05, 4.69) is 10.3 Å². The Kier molecular flexibility index (Phi) is 3.56. The SMILES string of the molecule is CCc1nc(C2CCCCN2)sc1C(=O)O. The van der Waals surface area contributed by atoms with Crippen molar-refractivity contribution in [1.82, 2.24) is 10.3 Å². The van der Waals surface area contributed by atoms with Gasteiger partial charge in [0.2, 0.25) is 0 Å². The molecule has 0 radical (unpaired) electrons. The number of carboxylic acids is 1. The van der Waals surface area contributed by atoms with Crippen LogP contribution in [0, 0.1) is 0 Å². The summed E-state index contributed by atoms with van der Waals surface area (Å²) < 4.78 is 0. The number of aromatic nitrogens is 1. The van der Waals surface area contributed by atoms with E-state index in [9.17, 15) is 4.79 Å². The lowest BCUT2D eigenvalue weighted by Crippen LogP contribution is -2.26. The van der Waals surface area contributed by atoms with Gasteiger partial charge in [0.1, 0.15) is 9.88 Å². The molecule has 0 aliphatic carbocycles. The number of piperidine rings is 1. The summed E-state index contributed by atoms with van der Waals surface area (Å²) >= 11 is 1.33. The van der Waals surface area contributed by atoms with E-state index in [-0.39, 0.29) is 6.04 Å². The molecule has 88 valence electrons. The second kappa shape index (κ2) is 4.93. The van der Waals surface area contributed by atoms with Gasteiger partial charge >= 0.3 is 5.97 Å². The van der Waals surface area contributed by atoms with E-state index in [0.29, 0.717) is 11.3 Å². The summed E-state index contributed by atoms with van der Waals surface area (Å²) in [6, 6.07) is 0.261. The first-order chi connectivity index (χ1) is 7.72. The predicted octanol–water partition coefficient (Wildman–Crippen LogP) is 2.22.